The predicted octanol–water partition coefficient (Wildman–Crippen LogP) is 3.70. The third kappa shape index (κ3) is 3.31. The Hall–Kier alpha value is -2.76. The minimum atomic E-state index is -0.870. The Kier molecular flexibility index (Phi) is 4.76. The number of carbonyl (C=O) groups excluding carboxylic acids is 1. The van der Waals surface area contributed by atoms with Crippen LogP contribution >= 0.6 is 0 Å². The van der Waals surface area contributed by atoms with E-state index >= 15 is 0 Å². The summed E-state index contributed by atoms with van der Waals surface area (Å²) in [5, 5.41) is 0.394. The van der Waals surface area contributed by atoms with E-state index in [1.165, 1.54) is 13.2 Å². The Morgan fingerprint density at radius 1 is 1.33 bits per heavy atom. The van der Waals surface area contributed by atoms with Crippen LogP contribution in [0.3, 0.4) is 0 Å². The van der Waals surface area contributed by atoms with Crippen LogP contribution in [0.1, 0.15) is 39.0 Å². The Labute approximate surface area is 157 Å². The molecule has 0 aliphatic carbocycles. The molecule has 0 radical (unpaired) electrons. The van der Waals surface area contributed by atoms with Crippen molar-refractivity contribution in [1.29, 1.82) is 0 Å². The molecule has 3 rings (SSSR count). The molecular weight excluding hydrogens is 348 g/mol. The molecule has 27 heavy (non-hydrogen) atoms. The first-order valence-electron chi connectivity index (χ1n) is 8.85. The van der Waals surface area contributed by atoms with Crippen LogP contribution in [-0.2, 0) is 16.0 Å². The number of ether oxygens (including phenoxy) is 3. The van der Waals surface area contributed by atoms with Crippen molar-refractivity contribution in [2.75, 3.05) is 7.11 Å². The summed E-state index contributed by atoms with van der Waals surface area (Å²) in [6, 6.07) is 3.15. The van der Waals surface area contributed by atoms with E-state index in [9.17, 15) is 9.59 Å². The summed E-state index contributed by atoms with van der Waals surface area (Å²) >= 11 is 0. The molecule has 0 amide bonds. The van der Waals surface area contributed by atoms with Crippen molar-refractivity contribution in [1.82, 2.24) is 0 Å². The van der Waals surface area contributed by atoms with Gasteiger partial charge in [0.05, 0.1) is 7.11 Å². The first-order chi connectivity index (χ1) is 12.7. The fourth-order valence-electron chi connectivity index (χ4n) is 3.22. The van der Waals surface area contributed by atoms with Gasteiger partial charge < -0.3 is 18.6 Å². The summed E-state index contributed by atoms with van der Waals surface area (Å²) in [7, 11) is 1.52. The molecule has 1 atom stereocenters. The quantitative estimate of drug-likeness (QED) is 0.602. The second-order valence-corrected chi connectivity index (χ2v) is 7.26. The number of esters is 1. The number of carbonyl (C=O) groups is 1. The minimum Gasteiger partial charge on any atom is -0.495 e. The lowest BCUT2D eigenvalue weighted by molar-refractivity contribution is -0.159. The Balaban J connectivity index is 2.01. The van der Waals surface area contributed by atoms with Gasteiger partial charge in [0.15, 0.2) is 5.43 Å². The molecule has 1 aliphatic heterocycles. The molecular formula is C21H24O6. The number of aryl methyl sites for hydroxylation is 1. The number of fused-ring (bicyclic) bond motifs is 2. The maximum absolute atomic E-state index is 12.5. The highest BCUT2D eigenvalue weighted by Crippen LogP contribution is 2.43. The normalized spacial score (nSPS) is 16.8. The number of rotatable bonds is 4. The summed E-state index contributed by atoms with van der Waals surface area (Å²) < 4.78 is 23.0. The fraction of sp³-hybridized carbons (Fsp3) is 0.429. The topological polar surface area (TPSA) is 75.0 Å². The molecule has 0 N–H and O–H groups in total. The van der Waals surface area contributed by atoms with Crippen molar-refractivity contribution in [2.45, 2.75) is 52.7 Å². The molecule has 0 bridgehead atoms. The van der Waals surface area contributed by atoms with E-state index < -0.39 is 11.7 Å². The Morgan fingerprint density at radius 3 is 2.67 bits per heavy atom. The molecule has 2 heterocycles. The highest BCUT2D eigenvalue weighted by Gasteiger charge is 2.41. The zero-order valence-electron chi connectivity index (χ0n) is 16.5. The number of hydrogen-bond acceptors (Lipinski definition) is 6. The SMILES string of the molecule is CC=C(C)C(=O)OC(C)(C)C1Cc2c(cc3oc(C)cc(=O)c3c2OC)O1. The molecule has 0 fully saturated rings. The number of hydrogen-bond donors (Lipinski definition) is 0. The molecule has 144 valence electrons. The number of methoxy groups -OCH3 is 1. The molecule has 2 aromatic rings. The van der Waals surface area contributed by atoms with Crippen molar-refractivity contribution in [2.24, 2.45) is 0 Å². The highest BCUT2D eigenvalue weighted by molar-refractivity contribution is 5.88. The van der Waals surface area contributed by atoms with Gasteiger partial charge in [-0.05, 0) is 34.6 Å². The smallest absolute Gasteiger partial charge is 0.334 e. The largest absolute Gasteiger partial charge is 0.495 e. The van der Waals surface area contributed by atoms with Gasteiger partial charge in [-0.1, -0.05) is 6.08 Å². The lowest BCUT2D eigenvalue weighted by Crippen LogP contribution is -2.43. The van der Waals surface area contributed by atoms with Crippen molar-refractivity contribution in [3.63, 3.8) is 0 Å². The third-order valence-corrected chi connectivity index (χ3v) is 4.91. The van der Waals surface area contributed by atoms with Crippen molar-refractivity contribution in [3.8, 4) is 11.5 Å². The first-order valence-corrected chi connectivity index (χ1v) is 8.85. The highest BCUT2D eigenvalue weighted by atomic mass is 16.6. The minimum absolute atomic E-state index is 0.161. The molecule has 6 nitrogen and oxygen atoms in total. The Morgan fingerprint density at radius 2 is 2.04 bits per heavy atom. The van der Waals surface area contributed by atoms with Crippen LogP contribution in [0.15, 0.2) is 33.0 Å². The Bertz CT molecular complexity index is 996. The van der Waals surface area contributed by atoms with E-state index in [2.05, 4.69) is 0 Å². The summed E-state index contributed by atoms with van der Waals surface area (Å²) in [4.78, 5) is 24.6. The van der Waals surface area contributed by atoms with Gasteiger partial charge in [0.1, 0.15) is 39.9 Å². The molecule has 0 saturated carbocycles. The van der Waals surface area contributed by atoms with Gasteiger partial charge in [0.25, 0.3) is 0 Å². The van der Waals surface area contributed by atoms with Gasteiger partial charge in [-0.3, -0.25) is 4.79 Å². The zero-order chi connectivity index (χ0) is 19.9. The average Bonchev–Trinajstić information content (AvgIpc) is 3.03. The van der Waals surface area contributed by atoms with E-state index in [-0.39, 0.29) is 11.4 Å². The van der Waals surface area contributed by atoms with Gasteiger partial charge in [-0.25, -0.2) is 4.79 Å². The molecule has 1 aromatic heterocycles. The van der Waals surface area contributed by atoms with E-state index in [1.807, 2.05) is 13.8 Å². The zero-order valence-corrected chi connectivity index (χ0v) is 16.5. The molecule has 1 aliphatic rings. The molecule has 6 heteroatoms. The van der Waals surface area contributed by atoms with Crippen molar-refractivity contribution in [3.05, 3.63) is 45.3 Å². The monoisotopic (exact) mass is 372 g/mol. The lowest BCUT2D eigenvalue weighted by atomic mass is 9.95. The molecule has 0 spiro atoms. The lowest BCUT2D eigenvalue weighted by Gasteiger charge is -2.30. The average molecular weight is 372 g/mol. The maximum atomic E-state index is 12.5. The van der Waals surface area contributed by atoms with E-state index in [0.29, 0.717) is 40.2 Å². The van der Waals surface area contributed by atoms with E-state index in [4.69, 9.17) is 18.6 Å². The van der Waals surface area contributed by atoms with Gasteiger partial charge in [-0.2, -0.15) is 0 Å². The molecule has 1 unspecified atom stereocenters. The fourth-order valence-corrected chi connectivity index (χ4v) is 3.22. The summed E-state index contributed by atoms with van der Waals surface area (Å²) in [5.41, 5.74) is 0.692. The van der Waals surface area contributed by atoms with Crippen LogP contribution in [0.4, 0.5) is 0 Å². The maximum Gasteiger partial charge on any atom is 0.334 e. The van der Waals surface area contributed by atoms with E-state index in [0.717, 1.165) is 5.56 Å². The van der Waals surface area contributed by atoms with Gasteiger partial charge in [0.2, 0.25) is 0 Å². The van der Waals surface area contributed by atoms with E-state index in [1.54, 1.807) is 32.9 Å². The van der Waals surface area contributed by atoms with Crippen LogP contribution in [-0.4, -0.2) is 24.8 Å². The molecule has 0 saturated heterocycles. The predicted molar refractivity (Wildman–Crippen MR) is 101 cm³/mol. The van der Waals surface area contributed by atoms with Crippen LogP contribution in [0.2, 0.25) is 0 Å². The summed E-state index contributed by atoms with van der Waals surface area (Å²) in [6.07, 6.45) is 1.75. The van der Waals surface area contributed by atoms with Crippen LogP contribution in [0.25, 0.3) is 11.0 Å². The molecule has 1 aromatic carbocycles. The van der Waals surface area contributed by atoms with Gasteiger partial charge in [-0.15, -0.1) is 0 Å². The third-order valence-electron chi connectivity index (χ3n) is 4.91. The van der Waals surface area contributed by atoms with Crippen molar-refractivity contribution >= 4 is 16.9 Å². The van der Waals surface area contributed by atoms with Crippen LogP contribution < -0.4 is 14.9 Å². The van der Waals surface area contributed by atoms with Gasteiger partial charge >= 0.3 is 5.97 Å². The summed E-state index contributed by atoms with van der Waals surface area (Å²) in [5.74, 6) is 1.15. The van der Waals surface area contributed by atoms with Crippen LogP contribution in [0.5, 0.6) is 11.5 Å². The number of allylic oxidation sites excluding steroid dienone is 1. The second-order valence-electron chi connectivity index (χ2n) is 7.26. The first kappa shape index (κ1) is 19.0. The standard InChI is InChI=1S/C21H24O6/c1-7-11(2)20(23)27-21(4,5)17-9-13-15(26-17)10-16-18(19(13)24-6)14(22)8-12(3)25-16/h7-8,10,17H,9H2,1-6H3. The second kappa shape index (κ2) is 6.76. The van der Waals surface area contributed by atoms with Crippen molar-refractivity contribution < 1.29 is 23.4 Å². The number of benzene rings is 1. The van der Waals surface area contributed by atoms with Gasteiger partial charge in [0, 0.05) is 29.7 Å². The van der Waals surface area contributed by atoms with Crippen LogP contribution in [0, 0.1) is 6.92 Å². The summed E-state index contributed by atoms with van der Waals surface area (Å²) in [6.45, 7) is 8.83.